The molecule has 111 valence electrons. The fourth-order valence-electron chi connectivity index (χ4n) is 2.64. The Morgan fingerprint density at radius 3 is 0.889 bits per heavy atom. The number of nitrogens with zero attached hydrogens (tertiary/aromatic N) is 1. The van der Waals surface area contributed by atoms with E-state index in [1.54, 1.807) is 0 Å². The first kappa shape index (κ1) is 20.8. The van der Waals surface area contributed by atoms with Gasteiger partial charge in [0.25, 0.3) is 0 Å². The second kappa shape index (κ2) is 13.9. The summed E-state index contributed by atoms with van der Waals surface area (Å²) in [7, 11) is 0. The Morgan fingerprint density at radius 1 is 0.500 bits per heavy atom. The zero-order chi connectivity index (χ0) is 13.0. The summed E-state index contributed by atoms with van der Waals surface area (Å²) in [6, 6.07) is 0. The molecule has 0 saturated heterocycles. The van der Waals surface area contributed by atoms with Gasteiger partial charge in [0.15, 0.2) is 0 Å². The second-order valence-corrected chi connectivity index (χ2v) is 5.65. The summed E-state index contributed by atoms with van der Waals surface area (Å²) in [4.78, 5) is 0. The van der Waals surface area contributed by atoms with Crippen LogP contribution in [0.15, 0.2) is 0 Å². The summed E-state index contributed by atoms with van der Waals surface area (Å²) in [5.74, 6) is 0. The largest absolute Gasteiger partial charge is 2.00 e. The molecule has 1 nitrogen and oxygen atoms in total. The van der Waals surface area contributed by atoms with E-state index in [1.165, 1.54) is 82.0 Å². The Bertz CT molecular complexity index is 122. The molecule has 0 heterocycles. The molecule has 0 spiro atoms. The summed E-state index contributed by atoms with van der Waals surface area (Å²) in [6.07, 6.45) is 11.1. The first-order valence-electron chi connectivity index (χ1n) is 8.09. The summed E-state index contributed by atoms with van der Waals surface area (Å²) in [5.41, 5.74) is 0. The Labute approximate surface area is 127 Å². The minimum atomic E-state index is 0. The van der Waals surface area contributed by atoms with Crippen LogP contribution in [0, 0.1) is 0 Å². The van der Waals surface area contributed by atoms with Gasteiger partial charge in [0.1, 0.15) is 0 Å². The number of hydrogen-bond donors (Lipinski definition) is 0. The molecule has 0 aromatic heterocycles. The molecule has 0 atom stereocenters. The van der Waals surface area contributed by atoms with E-state index < -0.39 is 0 Å². The molecule has 0 rings (SSSR count). The van der Waals surface area contributed by atoms with Crippen molar-refractivity contribution in [3.05, 3.63) is 0 Å². The van der Waals surface area contributed by atoms with Crippen molar-refractivity contribution >= 4 is 0 Å². The van der Waals surface area contributed by atoms with Crippen molar-refractivity contribution in [1.29, 1.82) is 0 Å². The molecule has 0 N–H and O–H groups in total. The zero-order valence-electron chi connectivity index (χ0n) is 13.3. The van der Waals surface area contributed by atoms with Crippen molar-refractivity contribution < 1.29 is 21.3 Å². The first-order chi connectivity index (χ1) is 8.24. The maximum atomic E-state index is 2.33. The van der Waals surface area contributed by atoms with Gasteiger partial charge in [-0.3, -0.25) is 0 Å². The minimum absolute atomic E-state index is 0. The van der Waals surface area contributed by atoms with Crippen molar-refractivity contribution in [2.75, 3.05) is 26.2 Å². The molecule has 0 aromatic rings. The van der Waals surface area contributed by atoms with E-state index in [2.05, 4.69) is 27.7 Å². The van der Waals surface area contributed by atoms with Crippen molar-refractivity contribution in [3.8, 4) is 0 Å². The topological polar surface area (TPSA) is 0 Å². The average Bonchev–Trinajstić information content (AvgIpc) is 2.37. The zero-order valence-corrected chi connectivity index (χ0v) is 14.3. The van der Waals surface area contributed by atoms with Gasteiger partial charge in [0, 0.05) is 0 Å². The van der Waals surface area contributed by atoms with E-state index in [-0.39, 0.29) is 16.8 Å². The maximum absolute atomic E-state index is 2.33. The second-order valence-electron chi connectivity index (χ2n) is 5.65. The van der Waals surface area contributed by atoms with Gasteiger partial charge in [-0.2, -0.15) is 0 Å². The van der Waals surface area contributed by atoms with Crippen molar-refractivity contribution in [1.82, 2.24) is 0 Å². The third kappa shape index (κ3) is 9.40. The fraction of sp³-hybridized carbons (Fsp3) is 1.00. The molecular formula is C16H36CoN+3. The van der Waals surface area contributed by atoms with E-state index in [0.717, 1.165) is 0 Å². The van der Waals surface area contributed by atoms with Gasteiger partial charge < -0.3 is 4.48 Å². The number of hydrogen-bond acceptors (Lipinski definition) is 0. The monoisotopic (exact) mass is 301 g/mol. The van der Waals surface area contributed by atoms with E-state index in [1.807, 2.05) is 0 Å². The van der Waals surface area contributed by atoms with Crippen molar-refractivity contribution in [2.45, 2.75) is 79.1 Å². The Morgan fingerprint density at radius 2 is 0.722 bits per heavy atom. The van der Waals surface area contributed by atoms with E-state index in [0.29, 0.717) is 0 Å². The van der Waals surface area contributed by atoms with E-state index in [9.17, 15) is 0 Å². The van der Waals surface area contributed by atoms with Crippen LogP contribution in [-0.2, 0) is 16.8 Å². The quantitative estimate of drug-likeness (QED) is 0.445. The average molecular weight is 301 g/mol. The maximum Gasteiger partial charge on any atom is 2.00 e. The summed E-state index contributed by atoms with van der Waals surface area (Å²) >= 11 is 0. The molecule has 0 aromatic carbocycles. The van der Waals surface area contributed by atoms with Gasteiger partial charge in [0.05, 0.1) is 26.2 Å². The molecule has 0 bridgehead atoms. The molecule has 0 amide bonds. The van der Waals surface area contributed by atoms with Crippen LogP contribution in [0.3, 0.4) is 0 Å². The van der Waals surface area contributed by atoms with E-state index >= 15 is 0 Å². The summed E-state index contributed by atoms with van der Waals surface area (Å²) < 4.78 is 1.42. The smallest absolute Gasteiger partial charge is 0.324 e. The van der Waals surface area contributed by atoms with Crippen LogP contribution in [0.2, 0.25) is 0 Å². The van der Waals surface area contributed by atoms with Crippen LogP contribution in [0.4, 0.5) is 0 Å². The number of rotatable bonds is 12. The fourth-order valence-corrected chi connectivity index (χ4v) is 2.64. The Hall–Kier alpha value is 0.466. The van der Waals surface area contributed by atoms with Gasteiger partial charge in [0.2, 0.25) is 0 Å². The van der Waals surface area contributed by atoms with E-state index in [4.69, 9.17) is 0 Å². The molecule has 0 aliphatic rings. The van der Waals surface area contributed by atoms with Crippen LogP contribution >= 0.6 is 0 Å². The van der Waals surface area contributed by atoms with Gasteiger partial charge in [-0.15, -0.1) is 0 Å². The molecule has 0 saturated carbocycles. The van der Waals surface area contributed by atoms with Crippen LogP contribution in [0.5, 0.6) is 0 Å². The van der Waals surface area contributed by atoms with Crippen molar-refractivity contribution in [2.24, 2.45) is 0 Å². The van der Waals surface area contributed by atoms with Gasteiger partial charge in [-0.1, -0.05) is 53.4 Å². The standard InChI is InChI=1S/C16H36N.Co/c1-5-9-13-17(14-10-6-2,15-11-7-3)16-12-8-4;/h5-16H2,1-4H3;/q+1;+2. The first-order valence-corrected chi connectivity index (χ1v) is 8.09. The predicted molar refractivity (Wildman–Crippen MR) is 79.4 cm³/mol. The van der Waals surface area contributed by atoms with Crippen molar-refractivity contribution in [3.63, 3.8) is 0 Å². The number of unbranched alkanes of at least 4 members (excludes halogenated alkanes) is 4. The van der Waals surface area contributed by atoms with Gasteiger partial charge in [-0.05, 0) is 25.7 Å². The molecule has 0 aliphatic carbocycles. The SMILES string of the molecule is CCCC[N+](CCCC)(CCCC)CCCC.[Co+2]. The molecular weight excluding hydrogens is 265 g/mol. The molecule has 2 heteroatoms. The third-order valence-corrected chi connectivity index (χ3v) is 3.94. The summed E-state index contributed by atoms with van der Waals surface area (Å²) in [5, 5.41) is 0. The third-order valence-electron chi connectivity index (χ3n) is 3.94. The van der Waals surface area contributed by atoms with Crippen LogP contribution in [0.1, 0.15) is 79.1 Å². The van der Waals surface area contributed by atoms with Crippen LogP contribution in [-0.4, -0.2) is 30.7 Å². The van der Waals surface area contributed by atoms with Gasteiger partial charge >= 0.3 is 16.8 Å². The Kier molecular flexibility index (Phi) is 16.0. The van der Waals surface area contributed by atoms with Crippen LogP contribution < -0.4 is 0 Å². The van der Waals surface area contributed by atoms with Crippen LogP contribution in [0.25, 0.3) is 0 Å². The van der Waals surface area contributed by atoms with Gasteiger partial charge in [-0.25, -0.2) is 0 Å². The molecule has 0 unspecified atom stereocenters. The Balaban J connectivity index is 0. The molecule has 0 aliphatic heterocycles. The molecule has 0 fully saturated rings. The number of quaternary nitrogens is 1. The summed E-state index contributed by atoms with van der Waals surface area (Å²) in [6.45, 7) is 15.0. The minimum Gasteiger partial charge on any atom is -0.324 e. The normalized spacial score (nSPS) is 11.3. The molecule has 18 heavy (non-hydrogen) atoms. The molecule has 1 radical (unpaired) electrons. The predicted octanol–water partition coefficient (Wildman–Crippen LogP) is 5.00.